The van der Waals surface area contributed by atoms with Gasteiger partial charge in [0.1, 0.15) is 6.79 Å². The highest BCUT2D eigenvalue weighted by atomic mass is 16.3. The van der Waals surface area contributed by atoms with Crippen LogP contribution in [0, 0.1) is 5.92 Å². The van der Waals surface area contributed by atoms with E-state index in [4.69, 9.17) is 4.79 Å². The van der Waals surface area contributed by atoms with E-state index in [0.717, 1.165) is 44.9 Å². The van der Waals surface area contributed by atoms with E-state index in [1.54, 1.807) is 0 Å². The van der Waals surface area contributed by atoms with Crippen molar-refractivity contribution in [2.45, 2.75) is 85.0 Å². The zero-order valence-electron chi connectivity index (χ0n) is 25.0. The van der Waals surface area contributed by atoms with E-state index >= 15 is 0 Å². The van der Waals surface area contributed by atoms with Gasteiger partial charge in [0.2, 0.25) is 0 Å². The first-order valence-electron chi connectivity index (χ1n) is 15.1. The van der Waals surface area contributed by atoms with Crippen molar-refractivity contribution in [1.82, 2.24) is 0 Å². The van der Waals surface area contributed by atoms with Crippen LogP contribution in [0.2, 0.25) is 0 Å². The van der Waals surface area contributed by atoms with Crippen molar-refractivity contribution >= 4 is 28.3 Å². The van der Waals surface area contributed by atoms with Crippen LogP contribution >= 0.6 is 0 Å². The fourth-order valence-corrected chi connectivity index (χ4v) is 5.97. The van der Waals surface area contributed by atoms with Crippen LogP contribution in [0.15, 0.2) is 78.9 Å². The highest BCUT2D eigenvalue weighted by molar-refractivity contribution is 6.07. The molecule has 40 heavy (non-hydrogen) atoms. The minimum atomic E-state index is 0.273. The minimum Gasteiger partial charge on any atom is -0.396 e. The van der Waals surface area contributed by atoms with Crippen molar-refractivity contribution in [3.8, 4) is 0 Å². The molecule has 1 unspecified atom stereocenters. The second-order valence-electron chi connectivity index (χ2n) is 11.3. The van der Waals surface area contributed by atoms with Crippen LogP contribution in [-0.4, -0.2) is 18.5 Å². The number of aliphatic hydroxyl groups excluding tert-OH is 1. The molecule has 0 saturated heterocycles. The Labute approximate surface area is 242 Å². The zero-order chi connectivity index (χ0) is 28.9. The summed E-state index contributed by atoms with van der Waals surface area (Å²) >= 11 is 0. The minimum absolute atomic E-state index is 0.273. The average Bonchev–Trinajstić information content (AvgIpc) is 2.98. The van der Waals surface area contributed by atoms with Crippen LogP contribution < -0.4 is 0 Å². The predicted molar refractivity (Wildman–Crippen MR) is 173 cm³/mol. The quantitative estimate of drug-likeness (QED) is 0.0990. The Hall–Kier alpha value is -3.23. The van der Waals surface area contributed by atoms with Crippen molar-refractivity contribution in [3.05, 3.63) is 107 Å². The van der Waals surface area contributed by atoms with E-state index in [1.165, 1.54) is 74.2 Å². The van der Waals surface area contributed by atoms with Crippen molar-refractivity contribution in [1.29, 1.82) is 0 Å². The lowest BCUT2D eigenvalue weighted by Gasteiger charge is -2.14. The number of hydrogen-bond donors (Lipinski definition) is 1. The smallest absolute Gasteiger partial charge is 0.106 e. The van der Waals surface area contributed by atoms with Crippen molar-refractivity contribution in [2.24, 2.45) is 5.92 Å². The molecule has 0 aromatic heterocycles. The number of fused-ring (bicyclic) bond motifs is 3. The Morgan fingerprint density at radius 2 is 1.32 bits per heavy atom. The molecule has 0 spiro atoms. The number of rotatable bonds is 14. The molecule has 0 aliphatic rings. The van der Waals surface area contributed by atoms with E-state index < -0.39 is 0 Å². The molecule has 4 aromatic rings. The molecule has 4 aromatic carbocycles. The first-order valence-corrected chi connectivity index (χ1v) is 15.1. The monoisotopic (exact) mass is 536 g/mol. The molecule has 2 heteroatoms. The lowest BCUT2D eigenvalue weighted by Crippen LogP contribution is -2.06. The number of aliphatic hydroxyl groups is 1. The number of carbonyl (C=O) groups excluding carboxylic acids is 1. The number of carbonyl (C=O) groups is 1. The van der Waals surface area contributed by atoms with E-state index in [1.807, 2.05) is 6.79 Å². The molecule has 0 fully saturated rings. The van der Waals surface area contributed by atoms with Gasteiger partial charge in [-0.15, -0.1) is 6.58 Å². The van der Waals surface area contributed by atoms with Gasteiger partial charge in [-0.2, -0.15) is 0 Å². The van der Waals surface area contributed by atoms with Gasteiger partial charge in [0, 0.05) is 6.61 Å². The molecule has 0 bridgehead atoms. The molecule has 0 saturated carbocycles. The molecule has 0 amide bonds. The van der Waals surface area contributed by atoms with Gasteiger partial charge < -0.3 is 9.90 Å². The predicted octanol–water partition coefficient (Wildman–Crippen LogP) is 9.40. The third-order valence-corrected chi connectivity index (χ3v) is 8.06. The summed E-state index contributed by atoms with van der Waals surface area (Å²) in [6.07, 6.45) is 11.1. The molecule has 212 valence electrons. The first kappa shape index (κ1) is 31.3. The maximum atomic E-state index is 9.60. The van der Waals surface area contributed by atoms with Crippen LogP contribution in [0.1, 0.15) is 80.7 Å². The Morgan fingerprint density at radius 1 is 0.725 bits per heavy atom. The van der Waals surface area contributed by atoms with E-state index in [-0.39, 0.29) is 6.61 Å². The molecule has 2 nitrogen and oxygen atoms in total. The number of aryl methyl sites for hydroxylation is 5. The van der Waals surface area contributed by atoms with E-state index in [0.29, 0.717) is 5.92 Å². The molecule has 0 aliphatic heterocycles. The number of hydrogen-bond acceptors (Lipinski definition) is 2. The van der Waals surface area contributed by atoms with Crippen molar-refractivity contribution < 1.29 is 9.90 Å². The lowest BCUT2D eigenvalue weighted by atomic mass is 9.92. The summed E-state index contributed by atoms with van der Waals surface area (Å²) in [5, 5.41) is 15.0. The standard InChI is InChI=1S/C37H46O.CH2O/c1-5-9-28-14-20-36-34(24-28)18-19-35-25-30(15-21-37(35)36)13-17-33-16-12-29(23-32(33)6-2)10-7-8-11-31(26-38)22-27(3)4;1-2/h12,14-16,18-21,23-25,31,38H,3,5-11,13,17,22,26H2,1-2,4H3;1H2. The molecule has 0 heterocycles. The SMILES string of the molecule is C=C(C)CC(CO)CCCCc1ccc(CCc2ccc3c(ccc4cc(CCC)ccc43)c2)c(CC)c1.C=O. The maximum Gasteiger partial charge on any atom is 0.106 e. The van der Waals surface area contributed by atoms with Gasteiger partial charge in [0.05, 0.1) is 0 Å². The largest absolute Gasteiger partial charge is 0.396 e. The summed E-state index contributed by atoms with van der Waals surface area (Å²) in [6, 6.07) is 25.7. The number of allylic oxidation sites excluding steroid dienone is 1. The lowest BCUT2D eigenvalue weighted by molar-refractivity contribution is -0.0980. The molecular weight excluding hydrogens is 488 g/mol. The molecular formula is C38H48O2. The third kappa shape index (κ3) is 8.63. The Balaban J connectivity index is 0.00000216. The molecule has 4 rings (SSSR count). The topological polar surface area (TPSA) is 37.3 Å². The summed E-state index contributed by atoms with van der Waals surface area (Å²) in [5.41, 5.74) is 8.45. The van der Waals surface area contributed by atoms with Gasteiger partial charge in [-0.1, -0.05) is 99.0 Å². The van der Waals surface area contributed by atoms with Crippen LogP contribution in [0.25, 0.3) is 21.5 Å². The summed E-state index contributed by atoms with van der Waals surface area (Å²) < 4.78 is 0. The van der Waals surface area contributed by atoms with Gasteiger partial charge in [0.25, 0.3) is 0 Å². The second kappa shape index (κ2) is 16.1. The van der Waals surface area contributed by atoms with E-state index in [9.17, 15) is 5.11 Å². The third-order valence-electron chi connectivity index (χ3n) is 8.06. The molecule has 0 radical (unpaired) electrons. The summed E-state index contributed by atoms with van der Waals surface area (Å²) in [4.78, 5) is 8.00. The first-order chi connectivity index (χ1) is 19.5. The fraction of sp³-hybridized carbons (Fsp3) is 0.395. The number of benzene rings is 4. The number of unbranched alkanes of at least 4 members (excludes halogenated alkanes) is 1. The molecule has 1 atom stereocenters. The van der Waals surface area contributed by atoms with Crippen LogP contribution in [0.3, 0.4) is 0 Å². The fourth-order valence-electron chi connectivity index (χ4n) is 5.97. The normalized spacial score (nSPS) is 11.8. The molecule has 1 N–H and O–H groups in total. The maximum absolute atomic E-state index is 9.60. The Kier molecular flexibility index (Phi) is 12.6. The summed E-state index contributed by atoms with van der Waals surface area (Å²) in [7, 11) is 0. The van der Waals surface area contributed by atoms with Crippen LogP contribution in [-0.2, 0) is 36.9 Å². The van der Waals surface area contributed by atoms with Crippen molar-refractivity contribution in [2.75, 3.05) is 6.61 Å². The second-order valence-corrected chi connectivity index (χ2v) is 11.3. The van der Waals surface area contributed by atoms with Gasteiger partial charge in [-0.25, -0.2) is 0 Å². The Bertz CT molecular complexity index is 1380. The van der Waals surface area contributed by atoms with Crippen LogP contribution in [0.5, 0.6) is 0 Å². The zero-order valence-corrected chi connectivity index (χ0v) is 25.0. The molecule has 0 aliphatic carbocycles. The summed E-state index contributed by atoms with van der Waals surface area (Å²) in [6.45, 7) is 12.9. The highest BCUT2D eigenvalue weighted by Gasteiger charge is 2.09. The van der Waals surface area contributed by atoms with E-state index in [2.05, 4.69) is 94.1 Å². The van der Waals surface area contributed by atoms with Gasteiger partial charge in [0.15, 0.2) is 0 Å². The van der Waals surface area contributed by atoms with Gasteiger partial charge in [-0.3, -0.25) is 0 Å². The average molecular weight is 537 g/mol. The Morgan fingerprint density at radius 3 is 1.90 bits per heavy atom. The highest BCUT2D eigenvalue weighted by Crippen LogP contribution is 2.28. The van der Waals surface area contributed by atoms with Gasteiger partial charge >= 0.3 is 0 Å². The summed E-state index contributed by atoms with van der Waals surface area (Å²) in [5.74, 6) is 0.369. The van der Waals surface area contributed by atoms with Gasteiger partial charge in [-0.05, 0) is 114 Å². The van der Waals surface area contributed by atoms with Crippen LogP contribution in [0.4, 0.5) is 0 Å². The van der Waals surface area contributed by atoms with Crippen molar-refractivity contribution in [3.63, 3.8) is 0 Å².